The number of nitrogens with one attached hydrogen (secondary N) is 1. The highest BCUT2D eigenvalue weighted by atomic mass is 15.1. The molecule has 3 N–H and O–H groups in total. The lowest BCUT2D eigenvalue weighted by Crippen LogP contribution is -2.39. The maximum atomic E-state index is 5.87. The predicted molar refractivity (Wildman–Crippen MR) is 88.0 cm³/mol. The molecule has 1 saturated heterocycles. The molecule has 0 bridgehead atoms. The van der Waals surface area contributed by atoms with Crippen molar-refractivity contribution in [1.29, 1.82) is 0 Å². The SMILES string of the molecule is NCC1CCCC1NCC1CCN(Cc2ccccc2)C1. The summed E-state index contributed by atoms with van der Waals surface area (Å²) in [4.78, 5) is 2.59. The average molecular weight is 287 g/mol. The summed E-state index contributed by atoms with van der Waals surface area (Å²) in [6.45, 7) is 5.61. The Kier molecular flexibility index (Phi) is 5.28. The third-order valence-corrected chi connectivity index (χ3v) is 5.25. The van der Waals surface area contributed by atoms with Crippen LogP contribution in [0.4, 0.5) is 0 Å². The van der Waals surface area contributed by atoms with Gasteiger partial charge in [-0.05, 0) is 56.3 Å². The van der Waals surface area contributed by atoms with Crippen LogP contribution in [0.25, 0.3) is 0 Å². The zero-order valence-corrected chi connectivity index (χ0v) is 13.0. The summed E-state index contributed by atoms with van der Waals surface area (Å²) in [7, 11) is 0. The van der Waals surface area contributed by atoms with Crippen LogP contribution in [0.2, 0.25) is 0 Å². The van der Waals surface area contributed by atoms with Gasteiger partial charge in [0.05, 0.1) is 0 Å². The lowest BCUT2D eigenvalue weighted by atomic mass is 10.0. The van der Waals surface area contributed by atoms with E-state index in [0.717, 1.165) is 19.0 Å². The lowest BCUT2D eigenvalue weighted by Gasteiger charge is -2.22. The van der Waals surface area contributed by atoms with Gasteiger partial charge in [-0.25, -0.2) is 0 Å². The van der Waals surface area contributed by atoms with Crippen LogP contribution >= 0.6 is 0 Å². The molecule has 1 aromatic carbocycles. The predicted octanol–water partition coefficient (Wildman–Crippen LogP) is 2.23. The normalized spacial score (nSPS) is 30.0. The highest BCUT2D eigenvalue weighted by Gasteiger charge is 2.28. The van der Waals surface area contributed by atoms with Gasteiger partial charge in [0.1, 0.15) is 0 Å². The fourth-order valence-electron chi connectivity index (χ4n) is 3.97. The third kappa shape index (κ3) is 4.06. The zero-order chi connectivity index (χ0) is 14.5. The molecule has 1 saturated carbocycles. The van der Waals surface area contributed by atoms with E-state index in [1.807, 2.05) is 0 Å². The fourth-order valence-corrected chi connectivity index (χ4v) is 3.97. The van der Waals surface area contributed by atoms with Crippen LogP contribution in [0.1, 0.15) is 31.2 Å². The molecule has 3 rings (SSSR count). The molecule has 0 aromatic heterocycles. The zero-order valence-electron chi connectivity index (χ0n) is 13.0. The minimum atomic E-state index is 0.679. The Labute approximate surface area is 128 Å². The van der Waals surface area contributed by atoms with Gasteiger partial charge in [-0.1, -0.05) is 36.8 Å². The first-order valence-corrected chi connectivity index (χ1v) is 8.55. The van der Waals surface area contributed by atoms with Crippen LogP contribution in [0, 0.1) is 11.8 Å². The molecule has 1 heterocycles. The van der Waals surface area contributed by atoms with Gasteiger partial charge in [0, 0.05) is 19.1 Å². The van der Waals surface area contributed by atoms with Crippen molar-refractivity contribution in [2.75, 3.05) is 26.2 Å². The van der Waals surface area contributed by atoms with Crippen molar-refractivity contribution in [1.82, 2.24) is 10.2 Å². The van der Waals surface area contributed by atoms with Gasteiger partial charge in [-0.3, -0.25) is 4.90 Å². The van der Waals surface area contributed by atoms with E-state index >= 15 is 0 Å². The maximum absolute atomic E-state index is 5.87. The van der Waals surface area contributed by atoms with Crippen molar-refractivity contribution in [3.8, 4) is 0 Å². The summed E-state index contributed by atoms with van der Waals surface area (Å²) in [6, 6.07) is 11.5. The van der Waals surface area contributed by atoms with E-state index in [2.05, 4.69) is 40.5 Å². The van der Waals surface area contributed by atoms with Crippen molar-refractivity contribution in [3.05, 3.63) is 35.9 Å². The van der Waals surface area contributed by atoms with Crippen molar-refractivity contribution >= 4 is 0 Å². The van der Waals surface area contributed by atoms with Gasteiger partial charge in [0.25, 0.3) is 0 Å². The molecule has 0 spiro atoms. The first-order chi connectivity index (χ1) is 10.3. The largest absolute Gasteiger partial charge is 0.330 e. The number of benzene rings is 1. The molecule has 21 heavy (non-hydrogen) atoms. The third-order valence-electron chi connectivity index (χ3n) is 5.25. The summed E-state index contributed by atoms with van der Waals surface area (Å²) < 4.78 is 0. The Morgan fingerprint density at radius 1 is 1.14 bits per heavy atom. The molecule has 2 aliphatic rings. The first-order valence-electron chi connectivity index (χ1n) is 8.55. The molecular formula is C18H29N3. The van der Waals surface area contributed by atoms with Gasteiger partial charge in [0.15, 0.2) is 0 Å². The monoisotopic (exact) mass is 287 g/mol. The highest BCUT2D eigenvalue weighted by molar-refractivity contribution is 5.14. The van der Waals surface area contributed by atoms with E-state index in [-0.39, 0.29) is 0 Å². The summed E-state index contributed by atoms with van der Waals surface area (Å²) in [5.74, 6) is 1.53. The smallest absolute Gasteiger partial charge is 0.0233 e. The summed E-state index contributed by atoms with van der Waals surface area (Å²) in [5.41, 5.74) is 7.30. The first kappa shape index (κ1) is 15.0. The Hall–Kier alpha value is -0.900. The molecule has 2 fully saturated rings. The average Bonchev–Trinajstić information content (AvgIpc) is 3.15. The number of nitrogens with zero attached hydrogens (tertiary/aromatic N) is 1. The Balaban J connectivity index is 1.40. The quantitative estimate of drug-likeness (QED) is 0.843. The van der Waals surface area contributed by atoms with E-state index in [9.17, 15) is 0 Å². The van der Waals surface area contributed by atoms with Crippen molar-refractivity contribution in [3.63, 3.8) is 0 Å². The Morgan fingerprint density at radius 2 is 2.00 bits per heavy atom. The summed E-state index contributed by atoms with van der Waals surface area (Å²) in [5, 5.41) is 3.80. The molecule has 1 aromatic rings. The number of hydrogen-bond acceptors (Lipinski definition) is 3. The molecular weight excluding hydrogens is 258 g/mol. The minimum Gasteiger partial charge on any atom is -0.330 e. The second kappa shape index (κ2) is 7.39. The van der Waals surface area contributed by atoms with E-state index in [4.69, 9.17) is 5.73 Å². The molecule has 3 unspecified atom stereocenters. The molecule has 3 atom stereocenters. The molecule has 1 aliphatic heterocycles. The van der Waals surface area contributed by atoms with Crippen LogP contribution in [0.15, 0.2) is 30.3 Å². The number of nitrogens with two attached hydrogens (primary N) is 1. The standard InChI is InChI=1S/C18H29N3/c19-11-17-7-4-8-18(17)20-12-16-9-10-21(14-16)13-15-5-2-1-3-6-15/h1-3,5-6,16-18,20H,4,7-14,19H2. The number of rotatable bonds is 6. The van der Waals surface area contributed by atoms with Crippen LogP contribution in [-0.4, -0.2) is 37.1 Å². The minimum absolute atomic E-state index is 0.679. The van der Waals surface area contributed by atoms with Gasteiger partial charge >= 0.3 is 0 Å². The molecule has 0 amide bonds. The van der Waals surface area contributed by atoms with Gasteiger partial charge in [-0.15, -0.1) is 0 Å². The molecule has 0 radical (unpaired) electrons. The van der Waals surface area contributed by atoms with E-state index in [0.29, 0.717) is 12.0 Å². The Bertz CT molecular complexity index is 420. The van der Waals surface area contributed by atoms with Crippen LogP contribution in [0.5, 0.6) is 0 Å². The van der Waals surface area contributed by atoms with Crippen LogP contribution < -0.4 is 11.1 Å². The molecule has 116 valence electrons. The van der Waals surface area contributed by atoms with Crippen LogP contribution in [-0.2, 0) is 6.54 Å². The summed E-state index contributed by atoms with van der Waals surface area (Å²) >= 11 is 0. The number of likely N-dealkylation sites (tertiary alicyclic amines) is 1. The van der Waals surface area contributed by atoms with Gasteiger partial charge < -0.3 is 11.1 Å². The van der Waals surface area contributed by atoms with Crippen LogP contribution in [0.3, 0.4) is 0 Å². The molecule has 3 nitrogen and oxygen atoms in total. The lowest BCUT2D eigenvalue weighted by molar-refractivity contribution is 0.306. The highest BCUT2D eigenvalue weighted by Crippen LogP contribution is 2.25. The number of hydrogen-bond donors (Lipinski definition) is 2. The maximum Gasteiger partial charge on any atom is 0.0233 e. The second-order valence-corrected chi connectivity index (χ2v) is 6.82. The second-order valence-electron chi connectivity index (χ2n) is 6.82. The van der Waals surface area contributed by atoms with E-state index < -0.39 is 0 Å². The molecule has 1 aliphatic carbocycles. The van der Waals surface area contributed by atoms with Crippen molar-refractivity contribution < 1.29 is 0 Å². The fraction of sp³-hybridized carbons (Fsp3) is 0.667. The Morgan fingerprint density at radius 3 is 2.81 bits per heavy atom. The van der Waals surface area contributed by atoms with Crippen molar-refractivity contribution in [2.45, 2.75) is 38.3 Å². The van der Waals surface area contributed by atoms with E-state index in [1.165, 1.54) is 50.9 Å². The molecule has 3 heteroatoms. The van der Waals surface area contributed by atoms with E-state index in [1.54, 1.807) is 0 Å². The van der Waals surface area contributed by atoms with Gasteiger partial charge in [-0.2, -0.15) is 0 Å². The summed E-state index contributed by atoms with van der Waals surface area (Å²) in [6.07, 6.45) is 5.32. The van der Waals surface area contributed by atoms with Crippen molar-refractivity contribution in [2.24, 2.45) is 17.6 Å². The topological polar surface area (TPSA) is 41.3 Å². The van der Waals surface area contributed by atoms with Gasteiger partial charge in [0.2, 0.25) is 0 Å².